The number of ether oxygens (including phenoxy) is 1. The Morgan fingerprint density at radius 1 is 1.04 bits per heavy atom. The second-order valence-corrected chi connectivity index (χ2v) is 6.47. The van der Waals surface area contributed by atoms with Crippen LogP contribution in [0.2, 0.25) is 5.02 Å². The molecule has 1 fully saturated rings. The van der Waals surface area contributed by atoms with Crippen molar-refractivity contribution in [2.75, 3.05) is 43.5 Å². The van der Waals surface area contributed by atoms with Crippen LogP contribution in [0.15, 0.2) is 42.5 Å². The third-order valence-electron chi connectivity index (χ3n) is 4.09. The zero-order chi connectivity index (χ0) is 19.2. The second kappa shape index (κ2) is 8.94. The van der Waals surface area contributed by atoms with E-state index in [1.54, 1.807) is 24.3 Å². The first-order valence-corrected chi connectivity index (χ1v) is 8.86. The van der Waals surface area contributed by atoms with E-state index >= 15 is 0 Å². The van der Waals surface area contributed by atoms with Crippen LogP contribution in [0.25, 0.3) is 0 Å². The molecule has 1 aliphatic rings. The monoisotopic (exact) mass is 391 g/mol. The number of morpholine rings is 1. The van der Waals surface area contributed by atoms with Crippen molar-refractivity contribution in [1.29, 1.82) is 0 Å². The molecule has 1 saturated heterocycles. The van der Waals surface area contributed by atoms with E-state index in [9.17, 15) is 14.0 Å². The van der Waals surface area contributed by atoms with Gasteiger partial charge < -0.3 is 15.4 Å². The van der Waals surface area contributed by atoms with Crippen LogP contribution in [0.1, 0.15) is 10.4 Å². The number of anilines is 2. The molecule has 2 aromatic rings. The average Bonchev–Trinajstić information content (AvgIpc) is 2.64. The van der Waals surface area contributed by atoms with Gasteiger partial charge in [-0.25, -0.2) is 4.39 Å². The van der Waals surface area contributed by atoms with Crippen molar-refractivity contribution in [2.24, 2.45) is 0 Å². The number of hydrogen-bond donors (Lipinski definition) is 2. The van der Waals surface area contributed by atoms with E-state index in [1.807, 2.05) is 4.90 Å². The molecule has 2 N–H and O–H groups in total. The van der Waals surface area contributed by atoms with Crippen molar-refractivity contribution in [2.45, 2.75) is 0 Å². The normalized spacial score (nSPS) is 14.6. The highest BCUT2D eigenvalue weighted by atomic mass is 35.5. The zero-order valence-corrected chi connectivity index (χ0v) is 15.3. The van der Waals surface area contributed by atoms with Crippen molar-refractivity contribution in [3.05, 3.63) is 58.9 Å². The van der Waals surface area contributed by atoms with Crippen molar-refractivity contribution >= 4 is 34.8 Å². The number of amides is 2. The summed E-state index contributed by atoms with van der Waals surface area (Å²) in [5, 5.41) is 5.43. The third-order valence-corrected chi connectivity index (χ3v) is 4.40. The topological polar surface area (TPSA) is 70.7 Å². The van der Waals surface area contributed by atoms with E-state index in [4.69, 9.17) is 16.3 Å². The number of rotatable bonds is 5. The van der Waals surface area contributed by atoms with Crippen molar-refractivity contribution < 1.29 is 18.7 Å². The van der Waals surface area contributed by atoms with Gasteiger partial charge in [0.1, 0.15) is 5.82 Å². The standard InChI is InChI=1S/C19H19ClFN3O3/c20-15-2-1-3-16(21)18(15)19(26)23-14-6-4-13(5-7-14)22-17(25)12-24-8-10-27-11-9-24/h1-7H,8-12H2,(H,22,25)(H,23,26). The summed E-state index contributed by atoms with van der Waals surface area (Å²) in [4.78, 5) is 26.3. The minimum Gasteiger partial charge on any atom is -0.379 e. The van der Waals surface area contributed by atoms with Crippen molar-refractivity contribution in [3.8, 4) is 0 Å². The summed E-state index contributed by atoms with van der Waals surface area (Å²) < 4.78 is 19.1. The molecule has 142 valence electrons. The Bertz CT molecular complexity index is 803. The summed E-state index contributed by atoms with van der Waals surface area (Å²) in [6.07, 6.45) is 0. The molecule has 0 spiro atoms. The lowest BCUT2D eigenvalue weighted by Gasteiger charge is -2.25. The van der Waals surface area contributed by atoms with Gasteiger partial charge in [0.2, 0.25) is 5.91 Å². The van der Waals surface area contributed by atoms with Crippen LogP contribution in [0, 0.1) is 5.82 Å². The smallest absolute Gasteiger partial charge is 0.260 e. The highest BCUT2D eigenvalue weighted by Gasteiger charge is 2.16. The van der Waals surface area contributed by atoms with Crippen LogP contribution in [0.3, 0.4) is 0 Å². The number of nitrogens with zero attached hydrogens (tertiary/aromatic N) is 1. The first-order chi connectivity index (χ1) is 13.0. The van der Waals surface area contributed by atoms with E-state index < -0.39 is 11.7 Å². The predicted molar refractivity (Wildman–Crippen MR) is 102 cm³/mol. The number of nitrogens with one attached hydrogen (secondary N) is 2. The second-order valence-electron chi connectivity index (χ2n) is 6.06. The molecule has 0 radical (unpaired) electrons. The Balaban J connectivity index is 1.57. The molecule has 0 unspecified atom stereocenters. The van der Waals surface area contributed by atoms with Gasteiger partial charge in [0.25, 0.3) is 5.91 Å². The molecular formula is C19H19ClFN3O3. The highest BCUT2D eigenvalue weighted by molar-refractivity contribution is 6.34. The number of halogens is 2. The van der Waals surface area contributed by atoms with E-state index in [0.29, 0.717) is 31.1 Å². The van der Waals surface area contributed by atoms with Crippen LogP contribution in [0.4, 0.5) is 15.8 Å². The molecule has 6 nitrogen and oxygen atoms in total. The summed E-state index contributed by atoms with van der Waals surface area (Å²) in [7, 11) is 0. The number of carbonyl (C=O) groups excluding carboxylic acids is 2. The van der Waals surface area contributed by atoms with E-state index in [1.165, 1.54) is 18.2 Å². The van der Waals surface area contributed by atoms with Gasteiger partial charge >= 0.3 is 0 Å². The fourth-order valence-corrected chi connectivity index (χ4v) is 2.96. The first-order valence-electron chi connectivity index (χ1n) is 8.48. The van der Waals surface area contributed by atoms with Crippen LogP contribution < -0.4 is 10.6 Å². The first kappa shape index (κ1) is 19.3. The van der Waals surface area contributed by atoms with Gasteiger partial charge in [0.15, 0.2) is 0 Å². The van der Waals surface area contributed by atoms with E-state index in [2.05, 4.69) is 10.6 Å². The number of carbonyl (C=O) groups is 2. The van der Waals surface area contributed by atoms with Crippen molar-refractivity contribution in [3.63, 3.8) is 0 Å². The summed E-state index contributed by atoms with van der Waals surface area (Å²) in [5.41, 5.74) is 0.864. The maximum atomic E-state index is 13.8. The molecule has 0 aliphatic carbocycles. The fourth-order valence-electron chi connectivity index (χ4n) is 2.71. The minimum absolute atomic E-state index is 0.0412. The lowest BCUT2D eigenvalue weighted by Crippen LogP contribution is -2.41. The Hall–Kier alpha value is -2.48. The molecule has 0 bridgehead atoms. The lowest BCUT2D eigenvalue weighted by atomic mass is 10.2. The number of benzene rings is 2. The van der Waals surface area contributed by atoms with Gasteiger partial charge in [-0.15, -0.1) is 0 Å². The molecule has 8 heteroatoms. The van der Waals surface area contributed by atoms with Crippen LogP contribution in [-0.2, 0) is 9.53 Å². The molecular weight excluding hydrogens is 373 g/mol. The Morgan fingerprint density at radius 3 is 2.30 bits per heavy atom. The molecule has 0 saturated carbocycles. The van der Waals surface area contributed by atoms with Gasteiger partial charge in [-0.1, -0.05) is 17.7 Å². The maximum Gasteiger partial charge on any atom is 0.260 e. The highest BCUT2D eigenvalue weighted by Crippen LogP contribution is 2.21. The molecule has 2 amide bonds. The zero-order valence-electron chi connectivity index (χ0n) is 14.5. The van der Waals surface area contributed by atoms with Gasteiger partial charge in [-0.2, -0.15) is 0 Å². The fraction of sp³-hybridized carbons (Fsp3) is 0.263. The summed E-state index contributed by atoms with van der Waals surface area (Å²) in [5.74, 6) is -1.44. The quantitative estimate of drug-likeness (QED) is 0.822. The summed E-state index contributed by atoms with van der Waals surface area (Å²) in [6.45, 7) is 3.03. The van der Waals surface area contributed by atoms with Gasteiger partial charge in [0.05, 0.1) is 30.3 Å². The Morgan fingerprint density at radius 2 is 1.67 bits per heavy atom. The minimum atomic E-state index is -0.688. The predicted octanol–water partition coefficient (Wildman–Crippen LogP) is 3.00. The van der Waals surface area contributed by atoms with Crippen LogP contribution in [0.5, 0.6) is 0 Å². The van der Waals surface area contributed by atoms with Crippen LogP contribution in [-0.4, -0.2) is 49.6 Å². The Labute approximate surface area is 161 Å². The molecule has 1 aliphatic heterocycles. The lowest BCUT2D eigenvalue weighted by molar-refractivity contribution is -0.118. The average molecular weight is 392 g/mol. The molecule has 0 aromatic heterocycles. The molecule has 3 rings (SSSR count). The molecule has 2 aromatic carbocycles. The van der Waals surface area contributed by atoms with Gasteiger partial charge in [-0.05, 0) is 36.4 Å². The molecule has 1 heterocycles. The Kier molecular flexibility index (Phi) is 6.39. The number of hydrogen-bond acceptors (Lipinski definition) is 4. The molecule has 0 atom stereocenters. The van der Waals surface area contributed by atoms with Crippen molar-refractivity contribution in [1.82, 2.24) is 4.90 Å². The third kappa shape index (κ3) is 5.26. The van der Waals surface area contributed by atoms with Gasteiger partial charge in [0, 0.05) is 24.5 Å². The van der Waals surface area contributed by atoms with Gasteiger partial charge in [-0.3, -0.25) is 14.5 Å². The van der Waals surface area contributed by atoms with E-state index in [-0.39, 0.29) is 16.5 Å². The van der Waals surface area contributed by atoms with Crippen LogP contribution >= 0.6 is 11.6 Å². The maximum absolute atomic E-state index is 13.8. The molecule has 27 heavy (non-hydrogen) atoms. The summed E-state index contributed by atoms with van der Waals surface area (Å²) >= 11 is 5.89. The van der Waals surface area contributed by atoms with E-state index in [0.717, 1.165) is 13.1 Å². The SMILES string of the molecule is O=C(CN1CCOCC1)Nc1ccc(NC(=O)c2c(F)cccc2Cl)cc1. The largest absolute Gasteiger partial charge is 0.379 e. The summed E-state index contributed by atoms with van der Waals surface area (Å²) in [6, 6.07) is 10.6.